The molecular weight excluding hydrogens is 550 g/mol. The Hall–Kier alpha value is -3.76. The summed E-state index contributed by atoms with van der Waals surface area (Å²) in [6.07, 6.45) is 4.13. The number of amides is 1. The Labute approximate surface area is 252 Å². The van der Waals surface area contributed by atoms with Crippen LogP contribution in [0.25, 0.3) is 0 Å². The molecule has 2 fully saturated rings. The van der Waals surface area contributed by atoms with Crippen molar-refractivity contribution in [2.45, 2.75) is 62.5 Å². The zero-order chi connectivity index (χ0) is 30.6. The van der Waals surface area contributed by atoms with Crippen molar-refractivity contribution in [1.82, 2.24) is 10.2 Å². The van der Waals surface area contributed by atoms with E-state index in [1.54, 1.807) is 26.4 Å². The molecular formula is C33H41N3O7. The van der Waals surface area contributed by atoms with Crippen LogP contribution in [0.2, 0.25) is 0 Å². The number of alkyl carbamates (subject to hydrolysis) is 1. The fourth-order valence-electron chi connectivity index (χ4n) is 8.78. The standard InChI is InChI=1S/C33H41N3O7/c1-6-31-14-7-16-36-17-15-32(27(31)36)25-13-12-24(41-5)18-26(25)35(3)28(32)33(39,29(31)43-21(2)37)20-34-30(38)42-19-22-8-10-23(40-4)11-9-22/h7-14,18,27-29,39H,6,15-17,19-20H2,1-5H3,(H,34,38)/t27-,28+,29+,31+,32+,33?/m0/s1. The van der Waals surface area contributed by atoms with E-state index < -0.39 is 40.6 Å². The minimum Gasteiger partial charge on any atom is -0.497 e. The molecule has 1 unspecified atom stereocenters. The molecule has 1 saturated heterocycles. The lowest BCUT2D eigenvalue weighted by Gasteiger charge is -2.64. The molecule has 230 valence electrons. The van der Waals surface area contributed by atoms with Crippen LogP contribution in [-0.4, -0.2) is 86.8 Å². The molecule has 1 spiro atoms. The minimum atomic E-state index is -1.67. The summed E-state index contributed by atoms with van der Waals surface area (Å²) in [6, 6.07) is 12.8. The van der Waals surface area contributed by atoms with Gasteiger partial charge in [-0.15, -0.1) is 0 Å². The first-order valence-electron chi connectivity index (χ1n) is 14.9. The van der Waals surface area contributed by atoms with Crippen LogP contribution in [0, 0.1) is 5.41 Å². The smallest absolute Gasteiger partial charge is 0.407 e. The van der Waals surface area contributed by atoms with Gasteiger partial charge in [-0.2, -0.15) is 0 Å². The topological polar surface area (TPSA) is 110 Å². The van der Waals surface area contributed by atoms with Gasteiger partial charge < -0.3 is 34.3 Å². The van der Waals surface area contributed by atoms with Gasteiger partial charge in [-0.1, -0.05) is 37.3 Å². The highest BCUT2D eigenvalue weighted by Crippen LogP contribution is 2.67. The molecule has 6 rings (SSSR count). The number of carbonyl (C=O) groups is 2. The third-order valence-electron chi connectivity index (χ3n) is 10.3. The maximum Gasteiger partial charge on any atom is 0.407 e. The van der Waals surface area contributed by atoms with Crippen molar-refractivity contribution in [2.24, 2.45) is 5.41 Å². The molecule has 1 saturated carbocycles. The molecule has 1 amide bonds. The lowest BCUT2D eigenvalue weighted by atomic mass is 9.47. The number of fused-ring (bicyclic) bond motifs is 1. The summed E-state index contributed by atoms with van der Waals surface area (Å²) in [5.41, 5.74) is 0.0590. The van der Waals surface area contributed by atoms with Gasteiger partial charge in [0, 0.05) is 49.1 Å². The van der Waals surface area contributed by atoms with E-state index in [2.05, 4.69) is 40.3 Å². The Balaban J connectivity index is 1.40. The average molecular weight is 592 g/mol. The predicted molar refractivity (Wildman–Crippen MR) is 160 cm³/mol. The van der Waals surface area contributed by atoms with E-state index in [1.165, 1.54) is 6.92 Å². The fourth-order valence-corrected chi connectivity index (χ4v) is 8.78. The quantitative estimate of drug-likeness (QED) is 0.353. The Bertz CT molecular complexity index is 1430. The summed E-state index contributed by atoms with van der Waals surface area (Å²) < 4.78 is 22.5. The van der Waals surface area contributed by atoms with Gasteiger partial charge in [-0.25, -0.2) is 4.79 Å². The summed E-state index contributed by atoms with van der Waals surface area (Å²) in [6.45, 7) is 4.97. The highest BCUT2D eigenvalue weighted by molar-refractivity contribution is 5.72. The molecule has 4 aliphatic rings. The molecule has 43 heavy (non-hydrogen) atoms. The second-order valence-corrected chi connectivity index (χ2v) is 12.2. The number of aliphatic hydroxyl groups is 1. The van der Waals surface area contributed by atoms with Crippen molar-refractivity contribution >= 4 is 17.7 Å². The number of anilines is 1. The Morgan fingerprint density at radius 2 is 1.79 bits per heavy atom. The van der Waals surface area contributed by atoms with Crippen LogP contribution in [0.3, 0.4) is 0 Å². The number of esters is 1. The molecule has 0 bridgehead atoms. The minimum absolute atomic E-state index is 0.0243. The van der Waals surface area contributed by atoms with Crippen LogP contribution in [0.4, 0.5) is 10.5 Å². The number of nitrogens with zero attached hydrogens (tertiary/aromatic N) is 2. The highest BCUT2D eigenvalue weighted by atomic mass is 16.6. The molecule has 3 heterocycles. The molecule has 2 aromatic carbocycles. The number of methoxy groups -OCH3 is 2. The summed E-state index contributed by atoms with van der Waals surface area (Å²) in [7, 11) is 5.20. The van der Waals surface area contributed by atoms with Gasteiger partial charge >= 0.3 is 12.1 Å². The normalized spacial score (nSPS) is 32.0. The second-order valence-electron chi connectivity index (χ2n) is 12.2. The van der Waals surface area contributed by atoms with E-state index in [0.717, 1.165) is 42.1 Å². The number of hydrogen-bond donors (Lipinski definition) is 2. The summed E-state index contributed by atoms with van der Waals surface area (Å²) in [5.74, 6) is 0.957. The first-order chi connectivity index (χ1) is 20.6. The molecule has 10 heteroatoms. The number of rotatable bonds is 8. The number of ether oxygens (including phenoxy) is 4. The molecule has 10 nitrogen and oxygen atoms in total. The van der Waals surface area contributed by atoms with Gasteiger partial charge in [0.1, 0.15) is 29.8 Å². The maximum absolute atomic E-state index is 13.1. The first kappa shape index (κ1) is 29.3. The van der Waals surface area contributed by atoms with Crippen molar-refractivity contribution in [3.05, 3.63) is 65.7 Å². The Morgan fingerprint density at radius 3 is 2.47 bits per heavy atom. The van der Waals surface area contributed by atoms with E-state index in [1.807, 2.05) is 31.3 Å². The van der Waals surface area contributed by atoms with Crippen LogP contribution >= 0.6 is 0 Å². The van der Waals surface area contributed by atoms with Crippen LogP contribution in [0.15, 0.2) is 54.6 Å². The lowest BCUT2D eigenvalue weighted by molar-refractivity contribution is -0.217. The summed E-state index contributed by atoms with van der Waals surface area (Å²) in [5, 5.41) is 15.9. The molecule has 3 aliphatic heterocycles. The number of likely N-dealkylation sites (N-methyl/N-ethyl adjacent to an activating group) is 1. The molecule has 2 aromatic rings. The molecule has 2 N–H and O–H groups in total. The van der Waals surface area contributed by atoms with Gasteiger partial charge in [0.25, 0.3) is 0 Å². The first-order valence-corrected chi connectivity index (χ1v) is 14.9. The number of benzene rings is 2. The van der Waals surface area contributed by atoms with Crippen LogP contribution in [-0.2, 0) is 26.3 Å². The SMILES string of the molecule is CC[C@]12C=CCN3CC[C@@]4(c5ccc(OC)cc5N(C)[C@H]4C(O)(CNC(=O)OCc4ccc(OC)cc4)[C@@H]1OC(C)=O)[C@@H]32. The Morgan fingerprint density at radius 1 is 1.07 bits per heavy atom. The number of hydrogen-bond acceptors (Lipinski definition) is 9. The summed E-state index contributed by atoms with van der Waals surface area (Å²) >= 11 is 0. The predicted octanol–water partition coefficient (Wildman–Crippen LogP) is 3.40. The molecule has 0 radical (unpaired) electrons. The third kappa shape index (κ3) is 4.29. The van der Waals surface area contributed by atoms with Crippen LogP contribution in [0.5, 0.6) is 11.5 Å². The van der Waals surface area contributed by atoms with Crippen molar-refractivity contribution in [2.75, 3.05) is 45.8 Å². The second kappa shape index (κ2) is 10.7. The van der Waals surface area contributed by atoms with E-state index in [-0.39, 0.29) is 19.2 Å². The fraction of sp³-hybridized carbons (Fsp3) is 0.515. The zero-order valence-corrected chi connectivity index (χ0v) is 25.5. The highest BCUT2D eigenvalue weighted by Gasteiger charge is 2.77. The van der Waals surface area contributed by atoms with Gasteiger partial charge in [-0.05, 0) is 48.7 Å². The van der Waals surface area contributed by atoms with E-state index in [9.17, 15) is 14.7 Å². The average Bonchev–Trinajstić information content (AvgIpc) is 3.53. The Kier molecular flexibility index (Phi) is 7.33. The lowest BCUT2D eigenvalue weighted by Crippen LogP contribution is -2.81. The monoisotopic (exact) mass is 591 g/mol. The zero-order valence-electron chi connectivity index (χ0n) is 25.5. The molecule has 0 aromatic heterocycles. The molecule has 1 aliphatic carbocycles. The van der Waals surface area contributed by atoms with Crippen molar-refractivity contribution in [3.8, 4) is 11.5 Å². The largest absolute Gasteiger partial charge is 0.497 e. The maximum atomic E-state index is 13.1. The molecule has 6 atom stereocenters. The van der Waals surface area contributed by atoms with Gasteiger partial charge in [0.15, 0.2) is 0 Å². The van der Waals surface area contributed by atoms with Gasteiger partial charge in [0.2, 0.25) is 0 Å². The van der Waals surface area contributed by atoms with Gasteiger partial charge in [0.05, 0.1) is 26.8 Å². The van der Waals surface area contributed by atoms with Crippen molar-refractivity contribution in [1.29, 1.82) is 0 Å². The van der Waals surface area contributed by atoms with Crippen LogP contribution < -0.4 is 19.7 Å². The van der Waals surface area contributed by atoms with E-state index in [4.69, 9.17) is 18.9 Å². The number of nitrogens with one attached hydrogen (secondary N) is 1. The van der Waals surface area contributed by atoms with Crippen molar-refractivity contribution < 1.29 is 33.6 Å². The summed E-state index contributed by atoms with van der Waals surface area (Å²) in [4.78, 5) is 30.4. The van der Waals surface area contributed by atoms with E-state index in [0.29, 0.717) is 12.2 Å². The van der Waals surface area contributed by atoms with Crippen molar-refractivity contribution in [3.63, 3.8) is 0 Å². The van der Waals surface area contributed by atoms with Gasteiger partial charge in [-0.3, -0.25) is 9.69 Å². The third-order valence-corrected chi connectivity index (χ3v) is 10.3. The van der Waals surface area contributed by atoms with Crippen LogP contribution in [0.1, 0.15) is 37.8 Å². The number of carbonyl (C=O) groups excluding carboxylic acids is 2. The van der Waals surface area contributed by atoms with E-state index >= 15 is 0 Å².